The quantitative estimate of drug-likeness (QED) is 0.544. The summed E-state index contributed by atoms with van der Waals surface area (Å²) in [6, 6.07) is 11.3. The molecule has 3 heterocycles. The van der Waals surface area contributed by atoms with E-state index in [1.165, 1.54) is 22.6 Å². The lowest BCUT2D eigenvalue weighted by Crippen LogP contribution is -2.31. The predicted molar refractivity (Wildman–Crippen MR) is 133 cm³/mol. The number of amides is 1. The minimum atomic E-state index is -0.684. The van der Waals surface area contributed by atoms with Crippen molar-refractivity contribution in [2.75, 3.05) is 12.0 Å². The highest BCUT2D eigenvalue weighted by Crippen LogP contribution is 2.41. The summed E-state index contributed by atoms with van der Waals surface area (Å²) in [6.07, 6.45) is 3.13. The van der Waals surface area contributed by atoms with Crippen LogP contribution in [0.5, 0.6) is 5.88 Å². The number of anilines is 1. The Morgan fingerprint density at radius 1 is 1.18 bits per heavy atom. The van der Waals surface area contributed by atoms with Crippen molar-refractivity contribution < 1.29 is 9.53 Å². The van der Waals surface area contributed by atoms with Gasteiger partial charge in [0, 0.05) is 30.2 Å². The molecule has 1 fully saturated rings. The summed E-state index contributed by atoms with van der Waals surface area (Å²) in [7, 11) is 3.06. The van der Waals surface area contributed by atoms with Crippen LogP contribution < -0.4 is 20.9 Å². The average Bonchev–Trinajstić information content (AvgIpc) is 3.09. The molecular weight excluding hydrogens is 477 g/mol. The van der Waals surface area contributed by atoms with Gasteiger partial charge in [-0.25, -0.2) is 9.98 Å². The fourth-order valence-electron chi connectivity index (χ4n) is 3.85. The molecule has 1 atom stereocenters. The van der Waals surface area contributed by atoms with Gasteiger partial charge in [-0.1, -0.05) is 35.3 Å². The van der Waals surface area contributed by atoms with Crippen LogP contribution in [0.15, 0.2) is 75.9 Å². The van der Waals surface area contributed by atoms with Crippen molar-refractivity contribution in [1.82, 2.24) is 9.55 Å². The van der Waals surface area contributed by atoms with Crippen LogP contribution in [0.3, 0.4) is 0 Å². The number of hydrogen-bond donors (Lipinski definition) is 1. The highest BCUT2D eigenvalue weighted by molar-refractivity contribution is 6.36. The van der Waals surface area contributed by atoms with E-state index in [4.69, 9.17) is 38.7 Å². The van der Waals surface area contributed by atoms with E-state index in [2.05, 4.69) is 4.98 Å². The Kier molecular flexibility index (Phi) is 6.45. The van der Waals surface area contributed by atoms with E-state index in [9.17, 15) is 9.59 Å². The van der Waals surface area contributed by atoms with Crippen molar-refractivity contribution in [2.45, 2.75) is 13.0 Å². The number of methoxy groups -OCH3 is 1. The molecule has 2 N–H and O–H groups in total. The number of benzene rings is 1. The molecule has 1 aliphatic heterocycles. The van der Waals surface area contributed by atoms with Crippen LogP contribution in [0.1, 0.15) is 18.5 Å². The van der Waals surface area contributed by atoms with Gasteiger partial charge in [-0.3, -0.25) is 14.5 Å². The number of nitrogens with zero attached hydrogens (tertiary/aromatic N) is 4. The van der Waals surface area contributed by atoms with Crippen LogP contribution >= 0.6 is 23.2 Å². The molecule has 0 bridgehead atoms. The normalized spacial score (nSPS) is 18.5. The van der Waals surface area contributed by atoms with E-state index in [-0.39, 0.29) is 22.1 Å². The molecule has 1 saturated heterocycles. The lowest BCUT2D eigenvalue weighted by atomic mass is 9.99. The van der Waals surface area contributed by atoms with Gasteiger partial charge in [0.2, 0.25) is 5.88 Å². The summed E-state index contributed by atoms with van der Waals surface area (Å²) >= 11 is 12.3. The largest absolute Gasteiger partial charge is 0.479 e. The Labute approximate surface area is 205 Å². The van der Waals surface area contributed by atoms with Crippen LogP contribution in [0.2, 0.25) is 10.0 Å². The molecule has 0 saturated carbocycles. The molecule has 4 rings (SSSR count). The first kappa shape index (κ1) is 23.5. The molecule has 0 aliphatic carbocycles. The third-order valence-electron chi connectivity index (χ3n) is 5.37. The molecule has 2 aromatic heterocycles. The molecule has 1 amide bonds. The number of hydrogen-bond acceptors (Lipinski definition) is 6. The van der Waals surface area contributed by atoms with Crippen molar-refractivity contribution in [3.63, 3.8) is 0 Å². The summed E-state index contributed by atoms with van der Waals surface area (Å²) in [4.78, 5) is 36.5. The smallest absolute Gasteiger partial charge is 0.269 e. The lowest BCUT2D eigenvalue weighted by molar-refractivity contribution is -0.114. The standard InChI is InChI=1S/C24H21Cl2N5O3/c1-13(27)19-20(29-18-5-4-10-28-22(18)34-3)21(14-6-8-15(25)9-7-14)31(24(19)33)16-11-17(26)23(32)30(2)12-16/h4-12,21H,27H2,1-3H3. The molecule has 1 unspecified atom stereocenters. The van der Waals surface area contributed by atoms with Gasteiger partial charge in [0.15, 0.2) is 0 Å². The molecule has 0 spiro atoms. The molecule has 1 aliphatic rings. The van der Waals surface area contributed by atoms with Crippen molar-refractivity contribution in [3.8, 4) is 5.88 Å². The van der Waals surface area contributed by atoms with Crippen LogP contribution in [0.25, 0.3) is 0 Å². The van der Waals surface area contributed by atoms with E-state index in [0.717, 1.165) is 5.56 Å². The number of pyridine rings is 2. The van der Waals surface area contributed by atoms with Crippen molar-refractivity contribution >= 4 is 46.2 Å². The lowest BCUT2D eigenvalue weighted by Gasteiger charge is -2.25. The van der Waals surface area contributed by atoms with Crippen molar-refractivity contribution in [2.24, 2.45) is 17.8 Å². The molecule has 0 radical (unpaired) electrons. The third-order valence-corrected chi connectivity index (χ3v) is 5.90. The van der Waals surface area contributed by atoms with E-state index in [0.29, 0.717) is 33.7 Å². The molecular formula is C24H21Cl2N5O3. The zero-order valence-electron chi connectivity index (χ0n) is 18.6. The van der Waals surface area contributed by atoms with E-state index >= 15 is 0 Å². The Morgan fingerprint density at radius 2 is 1.88 bits per heavy atom. The summed E-state index contributed by atoms with van der Waals surface area (Å²) in [5.74, 6) is -0.0776. The van der Waals surface area contributed by atoms with Gasteiger partial charge in [0.25, 0.3) is 11.5 Å². The summed E-state index contributed by atoms with van der Waals surface area (Å²) < 4.78 is 6.68. The van der Waals surface area contributed by atoms with Gasteiger partial charge in [0.05, 0.1) is 24.1 Å². The topological polar surface area (TPSA) is 103 Å². The number of aliphatic imine (C=N–C) groups is 1. The van der Waals surface area contributed by atoms with Gasteiger partial charge in [-0.2, -0.15) is 0 Å². The molecule has 174 valence electrons. The second-order valence-corrected chi connectivity index (χ2v) is 8.52. The maximum atomic E-state index is 13.8. The number of aromatic nitrogens is 2. The van der Waals surface area contributed by atoms with Crippen molar-refractivity contribution in [3.05, 3.63) is 92.1 Å². The number of nitrogens with two attached hydrogens (primary N) is 1. The molecule has 10 heteroatoms. The Bertz CT molecular complexity index is 1370. The minimum absolute atomic E-state index is 0.0167. The first-order chi connectivity index (χ1) is 16.2. The molecule has 1 aromatic carbocycles. The number of carbonyl (C=O) groups excluding carboxylic acids is 1. The van der Waals surface area contributed by atoms with Crippen LogP contribution in [0, 0.1) is 0 Å². The van der Waals surface area contributed by atoms with Crippen molar-refractivity contribution in [1.29, 1.82) is 0 Å². The van der Waals surface area contributed by atoms with E-state index in [1.807, 2.05) is 12.1 Å². The SMILES string of the molecule is COc1ncccc1N=C1C(=C(C)N)C(=O)N(c2cc(Cl)c(=O)n(C)c2)C1c1ccc(Cl)cc1. The first-order valence-corrected chi connectivity index (χ1v) is 11.0. The summed E-state index contributed by atoms with van der Waals surface area (Å²) in [6.45, 7) is 1.64. The maximum absolute atomic E-state index is 13.8. The Hall–Kier alpha value is -3.62. The van der Waals surface area contributed by atoms with E-state index in [1.54, 1.807) is 50.6 Å². The fourth-order valence-corrected chi connectivity index (χ4v) is 4.22. The molecule has 3 aromatic rings. The van der Waals surface area contributed by atoms with Crippen LogP contribution in [-0.4, -0.2) is 28.3 Å². The minimum Gasteiger partial charge on any atom is -0.479 e. The number of halogens is 2. The molecule has 34 heavy (non-hydrogen) atoms. The Morgan fingerprint density at radius 3 is 2.50 bits per heavy atom. The molecule has 8 nitrogen and oxygen atoms in total. The van der Waals surface area contributed by atoms with Crippen LogP contribution in [0.4, 0.5) is 11.4 Å². The second kappa shape index (κ2) is 9.32. The predicted octanol–water partition coefficient (Wildman–Crippen LogP) is 4.19. The monoisotopic (exact) mass is 497 g/mol. The highest BCUT2D eigenvalue weighted by Gasteiger charge is 2.44. The summed E-state index contributed by atoms with van der Waals surface area (Å²) in [5.41, 5.74) is 8.35. The van der Waals surface area contributed by atoms with Gasteiger partial charge in [0.1, 0.15) is 16.8 Å². The van der Waals surface area contributed by atoms with E-state index < -0.39 is 6.04 Å². The highest BCUT2D eigenvalue weighted by atomic mass is 35.5. The third kappa shape index (κ3) is 4.18. The first-order valence-electron chi connectivity index (χ1n) is 10.2. The maximum Gasteiger partial charge on any atom is 0.269 e. The number of carbonyl (C=O) groups is 1. The van der Waals surface area contributed by atoms with Gasteiger partial charge in [-0.15, -0.1) is 0 Å². The summed E-state index contributed by atoms with van der Waals surface area (Å²) in [5, 5.41) is 0.528. The number of allylic oxidation sites excluding steroid dienone is 1. The van der Waals surface area contributed by atoms with Crippen LogP contribution in [-0.2, 0) is 11.8 Å². The second-order valence-electron chi connectivity index (χ2n) is 7.68. The zero-order chi connectivity index (χ0) is 24.6. The average molecular weight is 498 g/mol. The number of ether oxygens (including phenoxy) is 1. The fraction of sp³-hybridized carbons (Fsp3) is 0.167. The Balaban J connectivity index is 2.03. The van der Waals surface area contributed by atoms with Gasteiger partial charge in [-0.05, 0) is 42.8 Å². The van der Waals surface area contributed by atoms with Gasteiger partial charge >= 0.3 is 0 Å². The number of rotatable bonds is 4. The van der Waals surface area contributed by atoms with Gasteiger partial charge < -0.3 is 15.0 Å². The number of aryl methyl sites for hydroxylation is 1. The zero-order valence-corrected chi connectivity index (χ0v) is 20.1.